The highest BCUT2D eigenvalue weighted by molar-refractivity contribution is 6.15. The number of fused-ring (bicyclic) bond motifs is 12. The topological polar surface area (TPSA) is 43.5 Å². The second kappa shape index (κ2) is 22.9. The van der Waals surface area contributed by atoms with Crippen molar-refractivity contribution >= 4 is 87.2 Å². The predicted octanol–water partition coefficient (Wildman–Crippen LogP) is 24.5. The molecule has 4 aromatic heterocycles. The lowest BCUT2D eigenvalue weighted by molar-refractivity contribution is -0.138. The number of hydrogen-bond donors (Lipinski definition) is 0. The van der Waals surface area contributed by atoms with Crippen LogP contribution in [0.2, 0.25) is 0 Å². The third-order valence-corrected chi connectivity index (χ3v) is 18.9. The van der Waals surface area contributed by atoms with Gasteiger partial charge in [-0.25, -0.2) is 0 Å². The summed E-state index contributed by atoms with van der Waals surface area (Å²) < 4.78 is 141. The fourth-order valence-electron chi connectivity index (χ4n) is 14.6. The minimum atomic E-state index is -4.95. The van der Waals surface area contributed by atoms with Crippen molar-refractivity contribution in [3.63, 3.8) is 0 Å². The van der Waals surface area contributed by atoms with E-state index in [9.17, 15) is 31.6 Å². The maximum Gasteiger partial charge on any atom is 0.418 e. The maximum absolute atomic E-state index is 15.7. The summed E-state index contributed by atoms with van der Waals surface area (Å²) in [5.41, 5.74) is 12.7. The molecule has 0 amide bonds. The average Bonchev–Trinajstić information content (AvgIpc) is 1.53. The molecule has 0 unspecified atom stereocenters. The molecule has 0 fully saturated rings. The van der Waals surface area contributed by atoms with Gasteiger partial charge in [0, 0.05) is 43.1 Å². The first-order chi connectivity index (χ1) is 46.7. The molecule has 5 nitrogen and oxygen atoms in total. The van der Waals surface area contributed by atoms with Crippen LogP contribution in [0, 0.1) is 66.7 Å². The number of alkyl halides is 9. The fraction of sp³-hybridized carbons (Fsp3) is 0.131. The summed E-state index contributed by atoms with van der Waals surface area (Å²) in [6.07, 6.45) is -14.3. The van der Waals surface area contributed by atoms with Crippen molar-refractivity contribution in [2.75, 3.05) is 0 Å². The van der Waals surface area contributed by atoms with E-state index in [2.05, 4.69) is 89.7 Å². The molecule has 0 atom stereocenters. The lowest BCUT2D eigenvalue weighted by Crippen LogP contribution is -2.15. The number of rotatable bonds is 6. The molecule has 16 aromatic rings. The molecule has 0 aliphatic carbocycles. The van der Waals surface area contributed by atoms with Crippen LogP contribution >= 0.6 is 0 Å². The number of aryl methyl sites for hydroxylation is 8. The molecule has 14 heteroatoms. The van der Waals surface area contributed by atoms with Crippen molar-refractivity contribution in [2.45, 2.75) is 73.9 Å². The molecule has 0 aliphatic rings. The van der Waals surface area contributed by atoms with Gasteiger partial charge in [0.1, 0.15) is 6.07 Å². The van der Waals surface area contributed by atoms with Gasteiger partial charge in [0.15, 0.2) is 0 Å². The van der Waals surface area contributed by atoms with Gasteiger partial charge in [0.2, 0.25) is 0 Å². The second-order valence-electron chi connectivity index (χ2n) is 26.0. The smallest absolute Gasteiger partial charge is 0.307 e. The number of hydrogen-bond acceptors (Lipinski definition) is 1. The van der Waals surface area contributed by atoms with E-state index in [1.807, 2.05) is 133 Å². The minimum absolute atomic E-state index is 0.0234. The van der Waals surface area contributed by atoms with Crippen molar-refractivity contribution in [2.24, 2.45) is 0 Å². The first-order valence-electron chi connectivity index (χ1n) is 32.0. The zero-order chi connectivity index (χ0) is 68.8. The number of benzene rings is 12. The summed E-state index contributed by atoms with van der Waals surface area (Å²) in [5, 5.41) is 18.3. The number of halogens is 9. The summed E-state index contributed by atoms with van der Waals surface area (Å²) in [5.74, 6) is 0. The second-order valence-corrected chi connectivity index (χ2v) is 26.0. The Morgan fingerprint density at radius 2 is 0.510 bits per heavy atom. The Balaban J connectivity index is 0.000000160. The van der Waals surface area contributed by atoms with Gasteiger partial charge in [-0.3, -0.25) is 0 Å². The minimum Gasteiger partial charge on any atom is -0.307 e. The zero-order valence-electron chi connectivity index (χ0n) is 54.4. The monoisotopic (exact) mass is 1310 g/mol. The molecule has 4 heterocycles. The summed E-state index contributed by atoms with van der Waals surface area (Å²) in [4.78, 5) is 0. The van der Waals surface area contributed by atoms with Gasteiger partial charge >= 0.3 is 18.5 Å². The Bertz CT molecular complexity index is 5840. The van der Waals surface area contributed by atoms with E-state index in [0.717, 1.165) is 128 Å². The van der Waals surface area contributed by atoms with Crippen LogP contribution in [0.15, 0.2) is 218 Å². The van der Waals surface area contributed by atoms with E-state index in [4.69, 9.17) is 0 Å². The van der Waals surface area contributed by atoms with Crippen LogP contribution in [-0.2, 0) is 18.5 Å². The van der Waals surface area contributed by atoms with Crippen molar-refractivity contribution in [1.82, 2.24) is 18.3 Å². The quantitative estimate of drug-likeness (QED) is 0.153. The summed E-state index contributed by atoms with van der Waals surface area (Å²) >= 11 is 0. The van der Waals surface area contributed by atoms with Crippen LogP contribution in [0.3, 0.4) is 0 Å². The number of nitrogens with zero attached hydrogens (tertiary/aromatic N) is 5. The third kappa shape index (κ3) is 10.4. The zero-order valence-corrected chi connectivity index (χ0v) is 54.4. The number of aromatic nitrogens is 4. The fourth-order valence-corrected chi connectivity index (χ4v) is 14.6. The number of nitriles is 1. The van der Waals surface area contributed by atoms with Gasteiger partial charge in [-0.15, -0.1) is 0 Å². The highest BCUT2D eigenvalue weighted by atomic mass is 19.4. The van der Waals surface area contributed by atoms with Crippen LogP contribution in [0.5, 0.6) is 0 Å². The SMILES string of the molecule is Cc1ccc2c(c1)c1cc(C)ccc1n2-c1cc(-c2ccccc2C(F)(F)F)cc(C#N)c1-n1c2ccc(C)cc2c2cc(C)ccc21.Cc1ccc2c(c1)c1cc(C)ccc1n2-c1cc(-c2ccccc2C(F)(F)F)cc(C(F)(F)F)c1-n1c2ccc(C)cc2c2cc(C)ccc21. The normalized spacial score (nSPS) is 12.3. The largest absolute Gasteiger partial charge is 0.418 e. The summed E-state index contributed by atoms with van der Waals surface area (Å²) in [6.45, 7) is 16.0. The molecular formula is C84H60F9N5. The van der Waals surface area contributed by atoms with Crippen LogP contribution in [0.25, 0.3) is 132 Å². The molecule has 0 N–H and O–H groups in total. The molecule has 16 rings (SSSR count). The molecule has 484 valence electrons. The van der Waals surface area contributed by atoms with E-state index in [1.165, 1.54) is 36.4 Å². The molecule has 0 saturated carbocycles. The maximum atomic E-state index is 15.7. The Morgan fingerprint density at radius 1 is 0.265 bits per heavy atom. The molecular weight excluding hydrogens is 1250 g/mol. The van der Waals surface area contributed by atoms with Gasteiger partial charge < -0.3 is 18.3 Å². The van der Waals surface area contributed by atoms with Crippen LogP contribution in [0.1, 0.15) is 66.8 Å². The van der Waals surface area contributed by atoms with Gasteiger partial charge in [-0.05, 0) is 211 Å². The molecule has 0 bridgehead atoms. The summed E-state index contributed by atoms with van der Waals surface area (Å²) in [7, 11) is 0. The molecule has 0 saturated heterocycles. The first kappa shape index (κ1) is 62.8. The first-order valence-corrected chi connectivity index (χ1v) is 32.0. The van der Waals surface area contributed by atoms with Gasteiger partial charge in [-0.1, -0.05) is 129 Å². The Labute approximate surface area is 557 Å². The lowest BCUT2D eigenvalue weighted by atomic mass is 9.95. The van der Waals surface area contributed by atoms with Crippen LogP contribution < -0.4 is 0 Å². The molecule has 0 radical (unpaired) electrons. The van der Waals surface area contributed by atoms with Gasteiger partial charge in [0.05, 0.1) is 89.1 Å². The van der Waals surface area contributed by atoms with Gasteiger partial charge in [-0.2, -0.15) is 44.8 Å². The van der Waals surface area contributed by atoms with E-state index < -0.39 is 35.2 Å². The lowest BCUT2D eigenvalue weighted by Gasteiger charge is -2.24. The van der Waals surface area contributed by atoms with Crippen molar-refractivity contribution < 1.29 is 39.5 Å². The summed E-state index contributed by atoms with van der Waals surface area (Å²) in [6, 6.07) is 66.3. The Hall–Kier alpha value is -11.3. The van der Waals surface area contributed by atoms with Crippen molar-refractivity contribution in [1.29, 1.82) is 5.26 Å². The highest BCUT2D eigenvalue weighted by Gasteiger charge is 2.40. The van der Waals surface area contributed by atoms with Crippen molar-refractivity contribution in [3.05, 3.63) is 285 Å². The highest BCUT2D eigenvalue weighted by Crippen LogP contribution is 2.49. The molecule has 98 heavy (non-hydrogen) atoms. The average molecular weight is 1310 g/mol. The van der Waals surface area contributed by atoms with E-state index in [-0.39, 0.29) is 33.6 Å². The Kier molecular flexibility index (Phi) is 14.7. The Morgan fingerprint density at radius 3 is 0.786 bits per heavy atom. The van der Waals surface area contributed by atoms with Gasteiger partial charge in [0.25, 0.3) is 0 Å². The van der Waals surface area contributed by atoms with Crippen molar-refractivity contribution in [3.8, 4) is 51.1 Å². The molecule has 12 aromatic carbocycles. The standard InChI is InChI=1S/C42H30F6N2.C42H30F3N3/c1-23-9-13-35-29(17-23)30-18-24(2)10-14-36(30)49(35)39-22-27(28-7-5-6-8-33(28)41(43,44)45)21-34(42(46,47)48)40(39)50-37-15-11-25(3)19-31(37)32-20-26(4)12-16-38(32)50;1-24-9-13-36-31(17-24)32-18-25(2)10-14-37(32)47(36)40-22-28(30-7-5-6-8-35(30)42(43,44)45)21-29(23-46)41(40)48-38-15-11-26(3)19-33(38)34-20-27(4)12-16-39(34)48/h5-22H,1-4H3;5-22H,1-4H3. The molecule has 0 aliphatic heterocycles. The predicted molar refractivity (Wildman–Crippen MR) is 379 cm³/mol. The molecule has 0 spiro atoms. The van der Waals surface area contributed by atoms with E-state index >= 15 is 13.2 Å². The van der Waals surface area contributed by atoms with E-state index in [0.29, 0.717) is 39.0 Å². The third-order valence-electron chi connectivity index (χ3n) is 18.9. The van der Waals surface area contributed by atoms with Crippen LogP contribution in [-0.4, -0.2) is 18.3 Å². The van der Waals surface area contributed by atoms with E-state index in [1.54, 1.807) is 21.3 Å². The van der Waals surface area contributed by atoms with Crippen LogP contribution in [0.4, 0.5) is 39.5 Å².